The van der Waals surface area contributed by atoms with E-state index in [0.717, 1.165) is 45.2 Å². The molecule has 4 heteroatoms. The monoisotopic (exact) mass is 287 g/mol. The van der Waals surface area contributed by atoms with Crippen LogP contribution < -0.4 is 11.1 Å². The molecule has 2 aliphatic rings. The molecule has 1 fully saturated rings. The van der Waals surface area contributed by atoms with E-state index in [-0.39, 0.29) is 5.91 Å². The topological polar surface area (TPSA) is 58.4 Å². The van der Waals surface area contributed by atoms with Gasteiger partial charge in [0.1, 0.15) is 0 Å². The van der Waals surface area contributed by atoms with E-state index >= 15 is 0 Å². The predicted molar refractivity (Wildman–Crippen MR) is 84.0 cm³/mol. The van der Waals surface area contributed by atoms with Gasteiger partial charge in [-0.2, -0.15) is 0 Å². The van der Waals surface area contributed by atoms with Crippen LogP contribution in [-0.4, -0.2) is 42.5 Å². The molecule has 1 heterocycles. The number of benzene rings is 1. The van der Waals surface area contributed by atoms with E-state index in [1.165, 1.54) is 11.1 Å². The van der Waals surface area contributed by atoms with Gasteiger partial charge in [0, 0.05) is 25.2 Å². The Morgan fingerprint density at radius 1 is 1.19 bits per heavy atom. The number of carbonyl (C=O) groups is 1. The van der Waals surface area contributed by atoms with E-state index in [0.29, 0.717) is 18.6 Å². The minimum Gasteiger partial charge on any atom is -0.352 e. The second-order valence-corrected chi connectivity index (χ2v) is 6.39. The van der Waals surface area contributed by atoms with Crippen molar-refractivity contribution in [1.82, 2.24) is 10.2 Å². The minimum absolute atomic E-state index is 0.162. The fourth-order valence-corrected chi connectivity index (χ4v) is 3.41. The number of likely N-dealkylation sites (tertiary alicyclic amines) is 1. The first kappa shape index (κ1) is 14.5. The molecule has 1 aliphatic heterocycles. The van der Waals surface area contributed by atoms with Crippen molar-refractivity contribution in [3.8, 4) is 0 Å². The van der Waals surface area contributed by atoms with Crippen LogP contribution in [0, 0.1) is 0 Å². The minimum atomic E-state index is 0.162. The van der Waals surface area contributed by atoms with Crippen molar-refractivity contribution in [2.24, 2.45) is 5.73 Å². The molecule has 114 valence electrons. The number of hydrogen-bond acceptors (Lipinski definition) is 3. The van der Waals surface area contributed by atoms with Crippen molar-refractivity contribution in [2.45, 2.75) is 44.2 Å². The zero-order valence-corrected chi connectivity index (χ0v) is 12.6. The molecule has 1 aromatic carbocycles. The van der Waals surface area contributed by atoms with Gasteiger partial charge in [-0.3, -0.25) is 9.69 Å². The average molecular weight is 287 g/mol. The van der Waals surface area contributed by atoms with Gasteiger partial charge in [-0.25, -0.2) is 0 Å². The van der Waals surface area contributed by atoms with Gasteiger partial charge in [0.15, 0.2) is 0 Å². The molecule has 21 heavy (non-hydrogen) atoms. The summed E-state index contributed by atoms with van der Waals surface area (Å²) in [7, 11) is 0. The maximum absolute atomic E-state index is 12.2. The molecule has 1 amide bonds. The van der Waals surface area contributed by atoms with Gasteiger partial charge in [-0.15, -0.1) is 0 Å². The number of aryl methyl sites for hydroxylation is 1. The molecule has 0 aromatic heterocycles. The largest absolute Gasteiger partial charge is 0.352 e. The molecular weight excluding hydrogens is 262 g/mol. The Morgan fingerprint density at radius 2 is 1.90 bits per heavy atom. The molecule has 0 spiro atoms. The van der Waals surface area contributed by atoms with Gasteiger partial charge < -0.3 is 11.1 Å². The molecule has 0 radical (unpaired) electrons. The summed E-state index contributed by atoms with van der Waals surface area (Å²) in [5.74, 6) is 0.162. The van der Waals surface area contributed by atoms with Crippen molar-refractivity contribution in [3.05, 3.63) is 35.4 Å². The van der Waals surface area contributed by atoms with Gasteiger partial charge in [0.2, 0.25) is 5.91 Å². The third kappa shape index (κ3) is 3.83. The summed E-state index contributed by atoms with van der Waals surface area (Å²) in [5.41, 5.74) is 8.72. The molecule has 0 saturated carbocycles. The standard InChI is InChI=1S/C17H25N3O/c18-15-7-9-20(10-8-15)12-17(21)19-16-6-5-13-3-1-2-4-14(13)11-16/h1-4,15-16H,5-12,18H2,(H,19,21). The lowest BCUT2D eigenvalue weighted by Crippen LogP contribution is -2.47. The lowest BCUT2D eigenvalue weighted by molar-refractivity contribution is -0.123. The Bertz CT molecular complexity index is 495. The van der Waals surface area contributed by atoms with Gasteiger partial charge in [0.25, 0.3) is 0 Å². The average Bonchev–Trinajstić information content (AvgIpc) is 2.49. The van der Waals surface area contributed by atoms with Crippen molar-refractivity contribution in [3.63, 3.8) is 0 Å². The number of hydrogen-bond donors (Lipinski definition) is 2. The lowest BCUT2D eigenvalue weighted by Gasteiger charge is -2.31. The fourth-order valence-electron chi connectivity index (χ4n) is 3.41. The van der Waals surface area contributed by atoms with E-state index < -0.39 is 0 Å². The Morgan fingerprint density at radius 3 is 2.67 bits per heavy atom. The van der Waals surface area contributed by atoms with Crippen LogP contribution in [0.4, 0.5) is 0 Å². The van der Waals surface area contributed by atoms with Crippen molar-refractivity contribution < 1.29 is 4.79 Å². The van der Waals surface area contributed by atoms with Crippen LogP contribution in [0.3, 0.4) is 0 Å². The summed E-state index contributed by atoms with van der Waals surface area (Å²) in [6.45, 7) is 2.41. The third-order valence-electron chi connectivity index (χ3n) is 4.71. The molecule has 1 unspecified atom stereocenters. The van der Waals surface area contributed by atoms with Crippen molar-refractivity contribution in [1.29, 1.82) is 0 Å². The quantitative estimate of drug-likeness (QED) is 0.875. The van der Waals surface area contributed by atoms with Crippen molar-refractivity contribution >= 4 is 5.91 Å². The maximum Gasteiger partial charge on any atom is 0.234 e. The summed E-state index contributed by atoms with van der Waals surface area (Å²) in [4.78, 5) is 14.4. The predicted octanol–water partition coefficient (Wildman–Crippen LogP) is 1.08. The van der Waals surface area contributed by atoms with Crippen LogP contribution in [0.5, 0.6) is 0 Å². The zero-order chi connectivity index (χ0) is 14.7. The molecule has 1 aromatic rings. The van der Waals surface area contributed by atoms with Gasteiger partial charge in [0.05, 0.1) is 6.54 Å². The SMILES string of the molecule is NC1CCN(CC(=O)NC2CCc3ccccc3C2)CC1. The second-order valence-electron chi connectivity index (χ2n) is 6.39. The highest BCUT2D eigenvalue weighted by Crippen LogP contribution is 2.21. The number of carbonyl (C=O) groups excluding carboxylic acids is 1. The number of fused-ring (bicyclic) bond motifs is 1. The summed E-state index contributed by atoms with van der Waals surface area (Å²) >= 11 is 0. The first-order valence-electron chi connectivity index (χ1n) is 8.05. The van der Waals surface area contributed by atoms with Crippen LogP contribution in [0.25, 0.3) is 0 Å². The Balaban J connectivity index is 1.48. The van der Waals surface area contributed by atoms with Gasteiger partial charge >= 0.3 is 0 Å². The molecule has 1 aliphatic carbocycles. The van der Waals surface area contributed by atoms with Crippen molar-refractivity contribution in [2.75, 3.05) is 19.6 Å². The highest BCUT2D eigenvalue weighted by Gasteiger charge is 2.22. The van der Waals surface area contributed by atoms with Crippen LogP contribution in [0.2, 0.25) is 0 Å². The maximum atomic E-state index is 12.2. The first-order valence-corrected chi connectivity index (χ1v) is 8.05. The van der Waals surface area contributed by atoms with Crippen LogP contribution in [0.1, 0.15) is 30.4 Å². The molecule has 4 nitrogen and oxygen atoms in total. The smallest absolute Gasteiger partial charge is 0.234 e. The third-order valence-corrected chi connectivity index (χ3v) is 4.71. The Labute approximate surface area is 126 Å². The summed E-state index contributed by atoms with van der Waals surface area (Å²) < 4.78 is 0. The molecule has 3 rings (SSSR count). The number of rotatable bonds is 3. The van der Waals surface area contributed by atoms with Crippen LogP contribution in [-0.2, 0) is 17.6 Å². The Kier molecular flexibility index (Phi) is 4.56. The summed E-state index contributed by atoms with van der Waals surface area (Å²) in [6.07, 6.45) is 5.09. The summed E-state index contributed by atoms with van der Waals surface area (Å²) in [5, 5.41) is 3.21. The Hall–Kier alpha value is -1.39. The van der Waals surface area contributed by atoms with E-state index in [1.54, 1.807) is 0 Å². The molecule has 3 N–H and O–H groups in total. The zero-order valence-electron chi connectivity index (χ0n) is 12.6. The number of amides is 1. The van der Waals surface area contributed by atoms with Gasteiger partial charge in [-0.1, -0.05) is 24.3 Å². The number of nitrogens with one attached hydrogen (secondary N) is 1. The highest BCUT2D eigenvalue weighted by molar-refractivity contribution is 5.78. The second kappa shape index (κ2) is 6.58. The molecule has 1 atom stereocenters. The van der Waals surface area contributed by atoms with Crippen LogP contribution in [0.15, 0.2) is 24.3 Å². The molecule has 0 bridgehead atoms. The van der Waals surface area contributed by atoms with Crippen LogP contribution >= 0.6 is 0 Å². The summed E-state index contributed by atoms with van der Waals surface area (Å²) in [6, 6.07) is 9.17. The van der Waals surface area contributed by atoms with Gasteiger partial charge in [-0.05, 0) is 43.2 Å². The first-order chi connectivity index (χ1) is 10.2. The van der Waals surface area contributed by atoms with E-state index in [1.807, 2.05) is 0 Å². The number of nitrogens with zero attached hydrogens (tertiary/aromatic N) is 1. The normalized spacial score (nSPS) is 23.6. The lowest BCUT2D eigenvalue weighted by atomic mass is 9.88. The highest BCUT2D eigenvalue weighted by atomic mass is 16.2. The number of piperidine rings is 1. The van der Waals surface area contributed by atoms with E-state index in [2.05, 4.69) is 34.5 Å². The fraction of sp³-hybridized carbons (Fsp3) is 0.588. The molecule has 1 saturated heterocycles. The molecular formula is C17H25N3O. The number of nitrogens with two attached hydrogens (primary N) is 1. The van der Waals surface area contributed by atoms with E-state index in [4.69, 9.17) is 5.73 Å². The van der Waals surface area contributed by atoms with E-state index in [9.17, 15) is 4.79 Å².